The second-order valence-corrected chi connectivity index (χ2v) is 4.69. The summed E-state index contributed by atoms with van der Waals surface area (Å²) in [5.41, 5.74) is 2.47. The quantitative estimate of drug-likeness (QED) is 0.740. The summed E-state index contributed by atoms with van der Waals surface area (Å²) < 4.78 is 0. The van der Waals surface area contributed by atoms with E-state index in [0.29, 0.717) is 6.04 Å². The molecule has 2 atom stereocenters. The summed E-state index contributed by atoms with van der Waals surface area (Å²) in [6.07, 6.45) is 1.97. The average Bonchev–Trinajstić information content (AvgIpc) is 2.83. The van der Waals surface area contributed by atoms with Gasteiger partial charge in [0, 0.05) is 30.9 Å². The number of para-hydroxylation sites is 1. The molecule has 2 rings (SSSR count). The summed E-state index contributed by atoms with van der Waals surface area (Å²) in [7, 11) is 0. The van der Waals surface area contributed by atoms with E-state index in [1.807, 2.05) is 13.1 Å². The minimum atomic E-state index is 0.223. The minimum Gasteiger partial charge on any atom is -0.396 e. The number of aromatic nitrogens is 1. The highest BCUT2D eigenvalue weighted by molar-refractivity contribution is 5.82. The number of H-pyrrole nitrogens is 1. The Balaban J connectivity index is 2.06. The Morgan fingerprint density at radius 2 is 2.12 bits per heavy atom. The van der Waals surface area contributed by atoms with Crippen LogP contribution in [-0.2, 0) is 6.54 Å². The second-order valence-electron chi connectivity index (χ2n) is 4.69. The molecule has 0 radical (unpaired) electrons. The zero-order valence-electron chi connectivity index (χ0n) is 10.4. The van der Waals surface area contributed by atoms with Gasteiger partial charge in [0.05, 0.1) is 0 Å². The van der Waals surface area contributed by atoms with E-state index in [0.717, 1.165) is 6.54 Å². The maximum Gasteiger partial charge on any atom is 0.0499 e. The molecule has 0 bridgehead atoms. The Morgan fingerprint density at radius 1 is 1.29 bits per heavy atom. The summed E-state index contributed by atoms with van der Waals surface area (Å²) in [6, 6.07) is 8.70. The Kier molecular flexibility index (Phi) is 3.82. The molecule has 92 valence electrons. The van der Waals surface area contributed by atoms with E-state index in [4.69, 9.17) is 5.11 Å². The molecule has 0 aliphatic heterocycles. The molecule has 1 aromatic heterocycles. The second kappa shape index (κ2) is 5.34. The summed E-state index contributed by atoms with van der Waals surface area (Å²) in [6.45, 7) is 5.20. The molecule has 3 nitrogen and oxygen atoms in total. The molecule has 1 heterocycles. The minimum absolute atomic E-state index is 0.223. The van der Waals surface area contributed by atoms with E-state index < -0.39 is 0 Å². The maximum absolute atomic E-state index is 9.09. The molecule has 0 spiro atoms. The third-order valence-corrected chi connectivity index (χ3v) is 3.43. The number of aliphatic hydroxyl groups excluding tert-OH is 1. The summed E-state index contributed by atoms with van der Waals surface area (Å²) in [5.74, 6) is 0.276. The number of hydrogen-bond donors (Lipinski definition) is 3. The van der Waals surface area contributed by atoms with E-state index in [1.54, 1.807) is 0 Å². The fourth-order valence-corrected chi connectivity index (χ4v) is 1.93. The fourth-order valence-electron chi connectivity index (χ4n) is 1.93. The molecule has 0 amide bonds. The third kappa shape index (κ3) is 2.68. The van der Waals surface area contributed by atoms with Gasteiger partial charge in [0.1, 0.15) is 0 Å². The fraction of sp³-hybridized carbons (Fsp3) is 0.429. The van der Waals surface area contributed by atoms with Crippen molar-refractivity contribution >= 4 is 10.9 Å². The highest BCUT2D eigenvalue weighted by atomic mass is 16.3. The Hall–Kier alpha value is -1.32. The number of aliphatic hydroxyl groups is 1. The first-order chi connectivity index (χ1) is 8.22. The molecule has 2 unspecified atom stereocenters. The van der Waals surface area contributed by atoms with Crippen LogP contribution in [0.2, 0.25) is 0 Å². The predicted molar refractivity (Wildman–Crippen MR) is 70.9 cm³/mol. The van der Waals surface area contributed by atoms with Crippen molar-refractivity contribution in [2.24, 2.45) is 5.92 Å². The van der Waals surface area contributed by atoms with Gasteiger partial charge < -0.3 is 15.4 Å². The van der Waals surface area contributed by atoms with Crippen molar-refractivity contribution in [3.63, 3.8) is 0 Å². The lowest BCUT2D eigenvalue weighted by atomic mass is 10.0. The van der Waals surface area contributed by atoms with E-state index in [-0.39, 0.29) is 12.5 Å². The number of benzene rings is 1. The van der Waals surface area contributed by atoms with Crippen molar-refractivity contribution in [3.8, 4) is 0 Å². The van der Waals surface area contributed by atoms with Crippen LogP contribution in [0.25, 0.3) is 10.9 Å². The van der Waals surface area contributed by atoms with Crippen LogP contribution in [-0.4, -0.2) is 22.7 Å². The topological polar surface area (TPSA) is 48.0 Å². The Morgan fingerprint density at radius 3 is 2.88 bits per heavy atom. The largest absolute Gasteiger partial charge is 0.396 e. The molecule has 2 aromatic rings. The van der Waals surface area contributed by atoms with E-state index in [9.17, 15) is 0 Å². The highest BCUT2D eigenvalue weighted by Crippen LogP contribution is 2.17. The van der Waals surface area contributed by atoms with Gasteiger partial charge in [-0.3, -0.25) is 0 Å². The number of nitrogens with one attached hydrogen (secondary N) is 2. The maximum atomic E-state index is 9.09. The Bertz CT molecular complexity index is 478. The number of hydrogen-bond acceptors (Lipinski definition) is 2. The number of rotatable bonds is 5. The average molecular weight is 232 g/mol. The summed E-state index contributed by atoms with van der Waals surface area (Å²) in [4.78, 5) is 3.27. The Labute approximate surface area is 102 Å². The van der Waals surface area contributed by atoms with Gasteiger partial charge in [0.15, 0.2) is 0 Å². The smallest absolute Gasteiger partial charge is 0.0499 e. The molecule has 0 aliphatic carbocycles. The highest BCUT2D eigenvalue weighted by Gasteiger charge is 2.10. The first kappa shape index (κ1) is 12.1. The van der Waals surface area contributed by atoms with Crippen LogP contribution in [0.4, 0.5) is 0 Å². The molecule has 17 heavy (non-hydrogen) atoms. The molecule has 1 aromatic carbocycles. The van der Waals surface area contributed by atoms with Gasteiger partial charge in [-0.05, 0) is 29.9 Å². The van der Waals surface area contributed by atoms with Gasteiger partial charge in [-0.1, -0.05) is 25.1 Å². The third-order valence-electron chi connectivity index (χ3n) is 3.43. The van der Waals surface area contributed by atoms with Gasteiger partial charge in [-0.15, -0.1) is 0 Å². The van der Waals surface area contributed by atoms with Gasteiger partial charge in [-0.25, -0.2) is 0 Å². The molecule has 0 fully saturated rings. The van der Waals surface area contributed by atoms with Crippen LogP contribution in [0.15, 0.2) is 30.5 Å². The predicted octanol–water partition coefficient (Wildman–Crippen LogP) is 2.27. The van der Waals surface area contributed by atoms with E-state index in [1.165, 1.54) is 16.5 Å². The number of aromatic amines is 1. The van der Waals surface area contributed by atoms with Gasteiger partial charge in [0.2, 0.25) is 0 Å². The molecule has 0 saturated carbocycles. The normalized spacial score (nSPS) is 15.0. The molecule has 3 heteroatoms. The van der Waals surface area contributed by atoms with E-state index >= 15 is 0 Å². The lowest BCUT2D eigenvalue weighted by molar-refractivity contribution is 0.207. The van der Waals surface area contributed by atoms with Crippen molar-refractivity contribution in [1.29, 1.82) is 0 Å². The van der Waals surface area contributed by atoms with Gasteiger partial charge >= 0.3 is 0 Å². The number of fused-ring (bicyclic) bond motifs is 1. The van der Waals surface area contributed by atoms with Crippen LogP contribution in [0.3, 0.4) is 0 Å². The zero-order valence-corrected chi connectivity index (χ0v) is 10.4. The molecule has 0 saturated heterocycles. The van der Waals surface area contributed by atoms with Crippen molar-refractivity contribution < 1.29 is 5.11 Å². The van der Waals surface area contributed by atoms with Crippen molar-refractivity contribution in [2.45, 2.75) is 26.4 Å². The molecule has 3 N–H and O–H groups in total. The summed E-state index contributed by atoms with van der Waals surface area (Å²) >= 11 is 0. The standard InChI is InChI=1S/C14H20N2O/c1-10(9-17)11(2)16-8-13-5-3-4-12-6-7-15-14(12)13/h3-7,10-11,15-17H,8-9H2,1-2H3. The van der Waals surface area contributed by atoms with Crippen molar-refractivity contribution in [1.82, 2.24) is 10.3 Å². The van der Waals surface area contributed by atoms with Crippen molar-refractivity contribution in [3.05, 3.63) is 36.0 Å². The first-order valence-electron chi connectivity index (χ1n) is 6.11. The van der Waals surface area contributed by atoms with Crippen LogP contribution in [0.1, 0.15) is 19.4 Å². The van der Waals surface area contributed by atoms with E-state index in [2.05, 4.69) is 41.5 Å². The molecular formula is C14H20N2O. The summed E-state index contributed by atoms with van der Waals surface area (Å²) in [5, 5.41) is 13.8. The monoisotopic (exact) mass is 232 g/mol. The van der Waals surface area contributed by atoms with Gasteiger partial charge in [-0.2, -0.15) is 0 Å². The zero-order chi connectivity index (χ0) is 12.3. The first-order valence-corrected chi connectivity index (χ1v) is 6.11. The van der Waals surface area contributed by atoms with Crippen LogP contribution in [0.5, 0.6) is 0 Å². The van der Waals surface area contributed by atoms with Gasteiger partial charge in [0.25, 0.3) is 0 Å². The van der Waals surface area contributed by atoms with Crippen LogP contribution in [0, 0.1) is 5.92 Å². The molecule has 0 aliphatic rings. The van der Waals surface area contributed by atoms with Crippen LogP contribution < -0.4 is 5.32 Å². The van der Waals surface area contributed by atoms with Crippen LogP contribution >= 0.6 is 0 Å². The molecular weight excluding hydrogens is 212 g/mol. The SMILES string of the molecule is CC(CO)C(C)NCc1cccc2cc[nH]c12. The lowest BCUT2D eigenvalue weighted by Crippen LogP contribution is -2.33. The lowest BCUT2D eigenvalue weighted by Gasteiger charge is -2.19. The van der Waals surface area contributed by atoms with Crippen molar-refractivity contribution in [2.75, 3.05) is 6.61 Å².